The van der Waals surface area contributed by atoms with Gasteiger partial charge in [-0.3, -0.25) is 15.6 Å². The zero-order chi connectivity index (χ0) is 13.7. The molecule has 19 heavy (non-hydrogen) atoms. The van der Waals surface area contributed by atoms with Gasteiger partial charge in [-0.25, -0.2) is 0 Å². The standard InChI is InChI=1S/C14H16N4O/c1-10-8-16-7-6-11(10)9-17-14(19)12-4-2-3-5-13(12)18-15/h2-8,18H,9,15H2,1H3,(H,17,19). The van der Waals surface area contributed by atoms with Crippen molar-refractivity contribution in [1.82, 2.24) is 10.3 Å². The van der Waals surface area contributed by atoms with Crippen molar-refractivity contribution in [2.75, 3.05) is 5.43 Å². The number of pyridine rings is 1. The highest BCUT2D eigenvalue weighted by atomic mass is 16.1. The monoisotopic (exact) mass is 256 g/mol. The van der Waals surface area contributed by atoms with E-state index in [4.69, 9.17) is 5.84 Å². The molecule has 0 unspecified atom stereocenters. The Morgan fingerprint density at radius 3 is 2.84 bits per heavy atom. The minimum atomic E-state index is -0.162. The number of nitrogens with two attached hydrogens (primary N) is 1. The molecule has 2 rings (SSSR count). The van der Waals surface area contributed by atoms with Gasteiger partial charge in [-0.2, -0.15) is 0 Å². The Kier molecular flexibility index (Phi) is 4.10. The number of amides is 1. The maximum Gasteiger partial charge on any atom is 0.253 e. The summed E-state index contributed by atoms with van der Waals surface area (Å²) in [5.41, 5.74) is 5.74. The zero-order valence-corrected chi connectivity index (χ0v) is 10.7. The van der Waals surface area contributed by atoms with Crippen molar-refractivity contribution in [2.45, 2.75) is 13.5 Å². The number of hydrogen-bond donors (Lipinski definition) is 3. The summed E-state index contributed by atoms with van der Waals surface area (Å²) < 4.78 is 0. The van der Waals surface area contributed by atoms with Crippen LogP contribution in [0.2, 0.25) is 0 Å². The number of carbonyl (C=O) groups is 1. The summed E-state index contributed by atoms with van der Waals surface area (Å²) in [6, 6.07) is 8.99. The Bertz CT molecular complexity index is 583. The zero-order valence-electron chi connectivity index (χ0n) is 10.7. The number of nitrogens with zero attached hydrogens (tertiary/aromatic N) is 1. The summed E-state index contributed by atoms with van der Waals surface area (Å²) in [5.74, 6) is 5.22. The number of hydrogen-bond acceptors (Lipinski definition) is 4. The normalized spacial score (nSPS) is 10.0. The first kappa shape index (κ1) is 13.0. The Morgan fingerprint density at radius 2 is 2.11 bits per heavy atom. The maximum absolute atomic E-state index is 12.1. The molecule has 0 fully saturated rings. The number of carbonyl (C=O) groups excluding carboxylic acids is 1. The van der Waals surface area contributed by atoms with Crippen molar-refractivity contribution >= 4 is 11.6 Å². The number of nitrogens with one attached hydrogen (secondary N) is 2. The predicted molar refractivity (Wildman–Crippen MR) is 74.4 cm³/mol. The quantitative estimate of drug-likeness (QED) is 0.573. The number of aryl methyl sites for hydroxylation is 1. The Balaban J connectivity index is 2.08. The lowest BCUT2D eigenvalue weighted by molar-refractivity contribution is 0.0951. The molecule has 0 aliphatic carbocycles. The molecule has 0 bridgehead atoms. The van der Waals surface area contributed by atoms with Gasteiger partial charge in [0.05, 0.1) is 11.3 Å². The first-order valence-electron chi connectivity index (χ1n) is 5.95. The van der Waals surface area contributed by atoms with Crippen molar-refractivity contribution in [3.63, 3.8) is 0 Å². The lowest BCUT2D eigenvalue weighted by Gasteiger charge is -2.10. The molecule has 5 nitrogen and oxygen atoms in total. The predicted octanol–water partition coefficient (Wildman–Crippen LogP) is 1.61. The molecule has 0 aliphatic rings. The van der Waals surface area contributed by atoms with Crippen molar-refractivity contribution in [3.05, 3.63) is 59.4 Å². The third-order valence-electron chi connectivity index (χ3n) is 2.90. The average Bonchev–Trinajstić information content (AvgIpc) is 2.46. The molecule has 1 aromatic heterocycles. The molecule has 1 heterocycles. The van der Waals surface area contributed by atoms with Crippen LogP contribution in [0.1, 0.15) is 21.5 Å². The summed E-state index contributed by atoms with van der Waals surface area (Å²) >= 11 is 0. The first-order chi connectivity index (χ1) is 9.22. The number of benzene rings is 1. The van der Waals surface area contributed by atoms with E-state index in [0.717, 1.165) is 11.1 Å². The van der Waals surface area contributed by atoms with Gasteiger partial charge in [0, 0.05) is 18.9 Å². The summed E-state index contributed by atoms with van der Waals surface area (Å²) in [6.45, 7) is 2.43. The Hall–Kier alpha value is -2.40. The summed E-state index contributed by atoms with van der Waals surface area (Å²) in [5, 5.41) is 2.87. The van der Waals surface area contributed by atoms with E-state index in [2.05, 4.69) is 15.7 Å². The van der Waals surface area contributed by atoms with Gasteiger partial charge in [0.25, 0.3) is 5.91 Å². The van der Waals surface area contributed by atoms with Gasteiger partial charge in [-0.05, 0) is 36.2 Å². The van der Waals surface area contributed by atoms with E-state index in [0.29, 0.717) is 17.8 Å². The van der Waals surface area contributed by atoms with E-state index in [1.165, 1.54) is 0 Å². The lowest BCUT2D eigenvalue weighted by atomic mass is 10.1. The number of hydrazine groups is 1. The van der Waals surface area contributed by atoms with Crippen molar-refractivity contribution in [1.29, 1.82) is 0 Å². The molecule has 0 saturated carbocycles. The fourth-order valence-electron chi connectivity index (χ4n) is 1.78. The number of nitrogen functional groups attached to an aromatic ring is 1. The molecule has 0 aliphatic heterocycles. The topological polar surface area (TPSA) is 80.0 Å². The van der Waals surface area contributed by atoms with E-state index in [9.17, 15) is 4.79 Å². The first-order valence-corrected chi connectivity index (χ1v) is 5.95. The Morgan fingerprint density at radius 1 is 1.32 bits per heavy atom. The third-order valence-corrected chi connectivity index (χ3v) is 2.90. The summed E-state index contributed by atoms with van der Waals surface area (Å²) in [4.78, 5) is 16.1. The molecule has 2 aromatic rings. The van der Waals surface area contributed by atoms with Crippen molar-refractivity contribution in [2.24, 2.45) is 5.84 Å². The van der Waals surface area contributed by atoms with Crippen LogP contribution in [-0.2, 0) is 6.54 Å². The van der Waals surface area contributed by atoms with E-state index in [1.54, 1.807) is 30.6 Å². The van der Waals surface area contributed by atoms with E-state index in [-0.39, 0.29) is 5.91 Å². The highest BCUT2D eigenvalue weighted by Gasteiger charge is 2.10. The van der Waals surface area contributed by atoms with E-state index >= 15 is 0 Å². The smallest absolute Gasteiger partial charge is 0.253 e. The fourth-order valence-corrected chi connectivity index (χ4v) is 1.78. The van der Waals surface area contributed by atoms with Gasteiger partial charge in [-0.15, -0.1) is 0 Å². The largest absolute Gasteiger partial charge is 0.348 e. The van der Waals surface area contributed by atoms with Crippen molar-refractivity contribution < 1.29 is 4.79 Å². The number of aromatic nitrogens is 1. The SMILES string of the molecule is Cc1cnccc1CNC(=O)c1ccccc1NN. The van der Waals surface area contributed by atoms with Gasteiger partial charge in [0.1, 0.15) is 0 Å². The lowest BCUT2D eigenvalue weighted by Crippen LogP contribution is -2.25. The molecule has 1 amide bonds. The second kappa shape index (κ2) is 5.97. The third kappa shape index (κ3) is 3.08. The maximum atomic E-state index is 12.1. The molecule has 1 aromatic carbocycles. The van der Waals surface area contributed by atoms with E-state index < -0.39 is 0 Å². The molecule has 98 valence electrons. The van der Waals surface area contributed by atoms with Crippen LogP contribution in [-0.4, -0.2) is 10.9 Å². The van der Waals surface area contributed by atoms with Crippen LogP contribution in [0.5, 0.6) is 0 Å². The highest BCUT2D eigenvalue weighted by molar-refractivity contribution is 5.99. The number of para-hydroxylation sites is 1. The fraction of sp³-hybridized carbons (Fsp3) is 0.143. The van der Waals surface area contributed by atoms with Crippen LogP contribution in [0.3, 0.4) is 0 Å². The molecule has 0 atom stereocenters. The molecule has 0 radical (unpaired) electrons. The molecule has 4 N–H and O–H groups in total. The van der Waals surface area contributed by atoms with Gasteiger partial charge < -0.3 is 10.7 Å². The summed E-state index contributed by atoms with van der Waals surface area (Å²) in [6.07, 6.45) is 3.49. The van der Waals surface area contributed by atoms with Gasteiger partial charge >= 0.3 is 0 Å². The minimum Gasteiger partial charge on any atom is -0.348 e. The summed E-state index contributed by atoms with van der Waals surface area (Å²) in [7, 11) is 0. The second-order valence-corrected chi connectivity index (χ2v) is 4.17. The Labute approximate surface area is 111 Å². The number of rotatable bonds is 4. The van der Waals surface area contributed by atoms with Gasteiger partial charge in [0.15, 0.2) is 0 Å². The van der Waals surface area contributed by atoms with Crippen LogP contribution in [0.15, 0.2) is 42.7 Å². The molecular weight excluding hydrogens is 240 g/mol. The van der Waals surface area contributed by atoms with Crippen LogP contribution in [0.25, 0.3) is 0 Å². The number of anilines is 1. The second-order valence-electron chi connectivity index (χ2n) is 4.17. The van der Waals surface area contributed by atoms with Crippen molar-refractivity contribution in [3.8, 4) is 0 Å². The van der Waals surface area contributed by atoms with Crippen LogP contribution >= 0.6 is 0 Å². The molecule has 5 heteroatoms. The van der Waals surface area contributed by atoms with Crippen LogP contribution in [0.4, 0.5) is 5.69 Å². The average molecular weight is 256 g/mol. The molecule has 0 spiro atoms. The van der Waals surface area contributed by atoms with Crippen LogP contribution in [0, 0.1) is 6.92 Å². The minimum absolute atomic E-state index is 0.162. The molecule has 0 saturated heterocycles. The highest BCUT2D eigenvalue weighted by Crippen LogP contribution is 2.13. The van der Waals surface area contributed by atoms with E-state index in [1.807, 2.05) is 19.1 Å². The van der Waals surface area contributed by atoms with Gasteiger partial charge in [0.2, 0.25) is 0 Å². The van der Waals surface area contributed by atoms with Crippen LogP contribution < -0.4 is 16.6 Å². The van der Waals surface area contributed by atoms with Gasteiger partial charge in [-0.1, -0.05) is 12.1 Å². The molecular formula is C14H16N4O.